The predicted octanol–water partition coefficient (Wildman–Crippen LogP) is 1.34. The first kappa shape index (κ1) is 15.4. The van der Waals surface area contributed by atoms with Crippen LogP contribution in [-0.2, 0) is 25.6 Å². The molecule has 0 unspecified atom stereocenters. The van der Waals surface area contributed by atoms with Gasteiger partial charge in [0.05, 0.1) is 19.3 Å². The molecule has 0 aromatic heterocycles. The van der Waals surface area contributed by atoms with Gasteiger partial charge in [-0.15, -0.1) is 0 Å². The van der Waals surface area contributed by atoms with Gasteiger partial charge in [0, 0.05) is 20.6 Å². The average Bonchev–Trinajstić information content (AvgIpc) is 3.25. The Bertz CT molecular complexity index is 379. The van der Waals surface area contributed by atoms with Crippen molar-refractivity contribution in [3.8, 4) is 0 Å². The average molecular weight is 282 g/mol. The lowest BCUT2D eigenvalue weighted by atomic mass is 10.1. The summed E-state index contributed by atoms with van der Waals surface area (Å²) in [5, 5.41) is 9.96. The quantitative estimate of drug-likeness (QED) is 0.547. The van der Waals surface area contributed by atoms with E-state index in [0.29, 0.717) is 13.0 Å². The molecule has 20 heavy (non-hydrogen) atoms. The number of epoxide rings is 1. The van der Waals surface area contributed by atoms with Gasteiger partial charge < -0.3 is 24.1 Å². The van der Waals surface area contributed by atoms with Gasteiger partial charge in [-0.1, -0.05) is 30.3 Å². The Morgan fingerprint density at radius 2 is 1.90 bits per heavy atom. The molecule has 1 aliphatic heterocycles. The molecular formula is C15H22O5. The van der Waals surface area contributed by atoms with Crippen LogP contribution in [0.4, 0.5) is 0 Å². The molecule has 3 atom stereocenters. The summed E-state index contributed by atoms with van der Waals surface area (Å²) in [6.07, 6.45) is -0.484. The molecular weight excluding hydrogens is 260 g/mol. The van der Waals surface area contributed by atoms with Gasteiger partial charge >= 0.3 is 0 Å². The summed E-state index contributed by atoms with van der Waals surface area (Å²) in [5.41, 5.74) is 1.09. The van der Waals surface area contributed by atoms with Crippen LogP contribution in [0.25, 0.3) is 0 Å². The molecule has 0 bridgehead atoms. The summed E-state index contributed by atoms with van der Waals surface area (Å²) in [5.74, 6) is 0. The van der Waals surface area contributed by atoms with Gasteiger partial charge in [0.25, 0.3) is 0 Å². The molecule has 1 fully saturated rings. The monoisotopic (exact) mass is 282 g/mol. The van der Waals surface area contributed by atoms with Crippen LogP contribution < -0.4 is 0 Å². The van der Waals surface area contributed by atoms with E-state index in [2.05, 4.69) is 0 Å². The first-order valence-electron chi connectivity index (χ1n) is 6.75. The molecule has 0 aliphatic carbocycles. The van der Waals surface area contributed by atoms with E-state index in [-0.39, 0.29) is 25.1 Å². The Labute approximate surface area is 119 Å². The Kier molecular flexibility index (Phi) is 5.94. The predicted molar refractivity (Wildman–Crippen MR) is 73.2 cm³/mol. The summed E-state index contributed by atoms with van der Waals surface area (Å²) in [6, 6.07) is 9.87. The number of hydrogen-bond acceptors (Lipinski definition) is 5. The van der Waals surface area contributed by atoms with E-state index in [1.807, 2.05) is 30.3 Å². The lowest BCUT2D eigenvalue weighted by Crippen LogP contribution is -2.25. The second kappa shape index (κ2) is 7.71. The first-order chi connectivity index (χ1) is 9.74. The van der Waals surface area contributed by atoms with Crippen molar-refractivity contribution in [2.45, 2.75) is 37.6 Å². The molecule has 0 spiro atoms. The molecule has 5 nitrogen and oxygen atoms in total. The van der Waals surface area contributed by atoms with Crippen LogP contribution in [0, 0.1) is 0 Å². The van der Waals surface area contributed by atoms with Gasteiger partial charge in [-0.2, -0.15) is 0 Å². The maximum Gasteiger partial charge on any atom is 0.159 e. The summed E-state index contributed by atoms with van der Waals surface area (Å²) in [6.45, 7) is 0.759. The molecule has 1 aromatic rings. The summed E-state index contributed by atoms with van der Waals surface area (Å²) in [7, 11) is 3.18. The molecule has 1 heterocycles. The normalized spacial score (nSPS) is 23.0. The van der Waals surface area contributed by atoms with E-state index in [1.54, 1.807) is 14.2 Å². The third-order valence-corrected chi connectivity index (χ3v) is 3.35. The molecule has 0 amide bonds. The lowest BCUT2D eigenvalue weighted by Gasteiger charge is -2.12. The molecule has 5 heteroatoms. The maximum atomic E-state index is 9.96. The SMILES string of the molecule is COC(C[C@@H]1O[C@H]1[C@@H](O)COCc1ccccc1)OC. The van der Waals surface area contributed by atoms with Gasteiger partial charge in [0.1, 0.15) is 12.2 Å². The number of ether oxygens (including phenoxy) is 4. The molecule has 1 aliphatic rings. The molecule has 1 saturated heterocycles. The second-order valence-corrected chi connectivity index (χ2v) is 4.84. The molecule has 0 saturated carbocycles. The highest BCUT2D eigenvalue weighted by Gasteiger charge is 2.45. The highest BCUT2D eigenvalue weighted by atomic mass is 16.7. The van der Waals surface area contributed by atoms with Gasteiger partial charge in [0.15, 0.2) is 6.29 Å². The van der Waals surface area contributed by atoms with Crippen molar-refractivity contribution >= 4 is 0 Å². The minimum Gasteiger partial charge on any atom is -0.388 e. The number of methoxy groups -OCH3 is 2. The lowest BCUT2D eigenvalue weighted by molar-refractivity contribution is -0.109. The van der Waals surface area contributed by atoms with Gasteiger partial charge in [-0.05, 0) is 5.56 Å². The Morgan fingerprint density at radius 3 is 2.55 bits per heavy atom. The number of hydrogen-bond donors (Lipinski definition) is 1. The highest BCUT2D eigenvalue weighted by Crippen LogP contribution is 2.30. The van der Waals surface area contributed by atoms with Crippen LogP contribution >= 0.6 is 0 Å². The van der Waals surface area contributed by atoms with E-state index >= 15 is 0 Å². The fraction of sp³-hybridized carbons (Fsp3) is 0.600. The van der Waals surface area contributed by atoms with Crippen molar-refractivity contribution in [1.29, 1.82) is 0 Å². The summed E-state index contributed by atoms with van der Waals surface area (Å²) in [4.78, 5) is 0. The zero-order valence-electron chi connectivity index (χ0n) is 11.9. The van der Waals surface area contributed by atoms with Gasteiger partial charge in [-0.25, -0.2) is 0 Å². The van der Waals surface area contributed by atoms with E-state index in [9.17, 15) is 5.11 Å². The number of aliphatic hydroxyl groups is 1. The molecule has 0 radical (unpaired) electrons. The van der Waals surface area contributed by atoms with Crippen molar-refractivity contribution in [2.24, 2.45) is 0 Å². The van der Waals surface area contributed by atoms with E-state index in [0.717, 1.165) is 5.56 Å². The Hall–Kier alpha value is -0.980. The van der Waals surface area contributed by atoms with Gasteiger partial charge in [-0.3, -0.25) is 0 Å². The van der Waals surface area contributed by atoms with Crippen molar-refractivity contribution in [1.82, 2.24) is 0 Å². The minimum absolute atomic E-state index is 0.0183. The highest BCUT2D eigenvalue weighted by molar-refractivity contribution is 5.13. The van der Waals surface area contributed by atoms with Crippen LogP contribution in [0.3, 0.4) is 0 Å². The zero-order chi connectivity index (χ0) is 14.4. The van der Waals surface area contributed by atoms with Crippen LogP contribution in [0.2, 0.25) is 0 Å². The third-order valence-electron chi connectivity index (χ3n) is 3.35. The van der Waals surface area contributed by atoms with Crippen LogP contribution in [0.15, 0.2) is 30.3 Å². The number of aliphatic hydroxyl groups excluding tert-OH is 1. The smallest absolute Gasteiger partial charge is 0.159 e. The van der Waals surface area contributed by atoms with Crippen LogP contribution in [0.5, 0.6) is 0 Å². The number of benzene rings is 1. The van der Waals surface area contributed by atoms with Crippen LogP contribution in [-0.4, -0.2) is 50.5 Å². The zero-order valence-corrected chi connectivity index (χ0v) is 11.9. The van der Waals surface area contributed by atoms with E-state index in [4.69, 9.17) is 18.9 Å². The largest absolute Gasteiger partial charge is 0.388 e. The van der Waals surface area contributed by atoms with Crippen LogP contribution in [0.1, 0.15) is 12.0 Å². The van der Waals surface area contributed by atoms with Crippen molar-refractivity contribution < 1.29 is 24.1 Å². The fourth-order valence-electron chi connectivity index (χ4n) is 2.13. The van der Waals surface area contributed by atoms with E-state index < -0.39 is 6.10 Å². The summed E-state index contributed by atoms with van der Waals surface area (Å²) >= 11 is 0. The second-order valence-electron chi connectivity index (χ2n) is 4.84. The van der Waals surface area contributed by atoms with Crippen molar-refractivity contribution in [2.75, 3.05) is 20.8 Å². The third kappa shape index (κ3) is 4.54. The van der Waals surface area contributed by atoms with E-state index in [1.165, 1.54) is 0 Å². The standard InChI is InChI=1S/C15H22O5/c1-17-14(18-2)8-13-15(20-13)12(16)10-19-9-11-6-4-3-5-7-11/h3-7,12-16H,8-10H2,1-2H3/t12-,13-,15-/m0/s1. The maximum absolute atomic E-state index is 9.96. The Morgan fingerprint density at radius 1 is 1.20 bits per heavy atom. The minimum atomic E-state index is -0.613. The molecule has 1 N–H and O–H groups in total. The summed E-state index contributed by atoms with van der Waals surface area (Å²) < 4.78 is 21.1. The van der Waals surface area contributed by atoms with Crippen molar-refractivity contribution in [3.05, 3.63) is 35.9 Å². The van der Waals surface area contributed by atoms with Gasteiger partial charge in [0.2, 0.25) is 0 Å². The Balaban J connectivity index is 1.63. The van der Waals surface area contributed by atoms with Crippen molar-refractivity contribution in [3.63, 3.8) is 0 Å². The molecule has 1 aromatic carbocycles. The topological polar surface area (TPSA) is 60.5 Å². The molecule has 112 valence electrons. The fourth-order valence-corrected chi connectivity index (χ4v) is 2.13. The molecule has 2 rings (SSSR count). The first-order valence-corrected chi connectivity index (χ1v) is 6.75. The number of rotatable bonds is 9.